The molecule has 12 heteroatoms. The zero-order chi connectivity index (χ0) is 22.4. The van der Waals surface area contributed by atoms with E-state index in [0.29, 0.717) is 33.0 Å². The Bertz CT molecular complexity index is 1090. The van der Waals surface area contributed by atoms with Crippen molar-refractivity contribution in [2.75, 3.05) is 18.2 Å². The molecule has 1 aromatic heterocycles. The normalized spacial score (nSPS) is 10.6. The molecule has 0 unspecified atom stereocenters. The van der Waals surface area contributed by atoms with Crippen LogP contribution in [0.15, 0.2) is 41.6 Å². The van der Waals surface area contributed by atoms with Gasteiger partial charge in [-0.3, -0.25) is 14.7 Å². The smallest absolute Gasteiger partial charge is 0.251 e. The molecule has 0 aliphatic carbocycles. The molecule has 162 valence electrons. The van der Waals surface area contributed by atoms with Crippen molar-refractivity contribution in [1.82, 2.24) is 20.5 Å². The van der Waals surface area contributed by atoms with Crippen molar-refractivity contribution in [3.8, 4) is 5.75 Å². The van der Waals surface area contributed by atoms with E-state index in [2.05, 4.69) is 25.8 Å². The molecule has 3 rings (SSSR count). The number of hydrogen-bond donors (Lipinski definition) is 3. The van der Waals surface area contributed by atoms with Gasteiger partial charge in [0.05, 0.1) is 40.2 Å². The number of rotatable bonds is 8. The number of nitrogens with one attached hydrogen (secondary N) is 3. The molecule has 0 aliphatic heterocycles. The fraction of sp³-hybridized carbons (Fsp3) is 0.158. The first kappa shape index (κ1) is 23.2. The highest BCUT2D eigenvalue weighted by atomic mass is 35.5. The summed E-state index contributed by atoms with van der Waals surface area (Å²) in [6.07, 6.45) is 0. The Labute approximate surface area is 197 Å². The second kappa shape index (κ2) is 10.7. The maximum Gasteiger partial charge on any atom is 0.251 e. The number of halogens is 3. The zero-order valence-electron chi connectivity index (χ0n) is 16.0. The van der Waals surface area contributed by atoms with E-state index in [9.17, 15) is 9.59 Å². The van der Waals surface area contributed by atoms with Crippen LogP contribution < -0.4 is 15.4 Å². The third kappa shape index (κ3) is 6.51. The molecule has 3 aromatic rings. The topological polar surface area (TPSA) is 109 Å². The fourth-order valence-corrected chi connectivity index (χ4v) is 3.58. The molecule has 0 saturated carbocycles. The molecule has 2 amide bonds. The third-order valence-electron chi connectivity index (χ3n) is 3.90. The van der Waals surface area contributed by atoms with Crippen LogP contribution in [0, 0.1) is 0 Å². The van der Waals surface area contributed by atoms with Crippen molar-refractivity contribution >= 4 is 64.1 Å². The maximum absolute atomic E-state index is 12.2. The molecule has 1 heterocycles. The lowest BCUT2D eigenvalue weighted by Gasteiger charge is -2.08. The van der Waals surface area contributed by atoms with E-state index in [4.69, 9.17) is 39.5 Å². The van der Waals surface area contributed by atoms with Crippen molar-refractivity contribution in [2.45, 2.75) is 11.7 Å². The highest BCUT2D eigenvalue weighted by Crippen LogP contribution is 2.32. The largest absolute Gasteiger partial charge is 0.497 e. The standard InChI is InChI=1S/C19H16Cl3N5O3S/c1-30-11-4-2-10(3-5-11)18(29)23-8-16-25-19(27-26-16)31-9-17(28)24-15-7-13(21)12(20)6-14(15)22/h2-7H,8-9H2,1H3,(H,23,29)(H,24,28)(H,25,26,27). The first-order valence-electron chi connectivity index (χ1n) is 8.76. The van der Waals surface area contributed by atoms with Gasteiger partial charge < -0.3 is 15.4 Å². The van der Waals surface area contributed by atoms with Crippen LogP contribution >= 0.6 is 46.6 Å². The minimum atomic E-state index is -0.315. The van der Waals surface area contributed by atoms with Crippen LogP contribution in [-0.2, 0) is 11.3 Å². The van der Waals surface area contributed by atoms with Crippen LogP contribution in [0.2, 0.25) is 15.1 Å². The summed E-state index contributed by atoms with van der Waals surface area (Å²) in [4.78, 5) is 28.6. The number of amides is 2. The molecule has 8 nitrogen and oxygen atoms in total. The molecule has 0 saturated heterocycles. The molecule has 2 aromatic carbocycles. The highest BCUT2D eigenvalue weighted by molar-refractivity contribution is 7.99. The van der Waals surface area contributed by atoms with Gasteiger partial charge in [-0.1, -0.05) is 46.6 Å². The number of aromatic nitrogens is 3. The van der Waals surface area contributed by atoms with Crippen molar-refractivity contribution in [1.29, 1.82) is 0 Å². The van der Waals surface area contributed by atoms with E-state index in [0.717, 1.165) is 11.8 Å². The van der Waals surface area contributed by atoms with E-state index in [-0.39, 0.29) is 34.2 Å². The number of H-pyrrole nitrogens is 1. The Kier molecular flexibility index (Phi) is 8.03. The Hall–Kier alpha value is -2.46. The third-order valence-corrected chi connectivity index (χ3v) is 5.78. The number of carbonyl (C=O) groups is 2. The molecule has 0 bridgehead atoms. The molecule has 0 radical (unpaired) electrons. The lowest BCUT2D eigenvalue weighted by molar-refractivity contribution is -0.113. The second-order valence-corrected chi connectivity index (χ2v) is 8.22. The average molecular weight is 501 g/mol. The Balaban J connectivity index is 1.47. The van der Waals surface area contributed by atoms with Crippen LogP contribution in [-0.4, -0.2) is 39.9 Å². The summed E-state index contributed by atoms with van der Waals surface area (Å²) < 4.78 is 5.07. The van der Waals surface area contributed by atoms with Crippen LogP contribution in [0.5, 0.6) is 5.75 Å². The number of ether oxygens (including phenoxy) is 1. The van der Waals surface area contributed by atoms with E-state index in [1.165, 1.54) is 12.1 Å². The van der Waals surface area contributed by atoms with Crippen molar-refractivity contribution in [3.05, 3.63) is 62.9 Å². The molecule has 0 spiro atoms. The zero-order valence-corrected chi connectivity index (χ0v) is 19.1. The number of aromatic amines is 1. The Morgan fingerprint density at radius 1 is 1.10 bits per heavy atom. The van der Waals surface area contributed by atoms with E-state index < -0.39 is 0 Å². The summed E-state index contributed by atoms with van der Waals surface area (Å²) in [6, 6.07) is 9.66. The first-order chi connectivity index (χ1) is 14.9. The number of thioether (sulfide) groups is 1. The van der Waals surface area contributed by atoms with Crippen LogP contribution in [0.25, 0.3) is 0 Å². The summed E-state index contributed by atoms with van der Waals surface area (Å²) in [5, 5.41) is 13.4. The minimum Gasteiger partial charge on any atom is -0.497 e. The van der Waals surface area contributed by atoms with Crippen LogP contribution in [0.1, 0.15) is 16.2 Å². The predicted molar refractivity (Wildman–Crippen MR) is 121 cm³/mol. The summed E-state index contributed by atoms with van der Waals surface area (Å²) in [5.41, 5.74) is 0.853. The summed E-state index contributed by atoms with van der Waals surface area (Å²) in [6.45, 7) is 0.156. The lowest BCUT2D eigenvalue weighted by Crippen LogP contribution is -2.23. The van der Waals surface area contributed by atoms with Gasteiger partial charge >= 0.3 is 0 Å². The van der Waals surface area contributed by atoms with Gasteiger partial charge in [-0.25, -0.2) is 4.98 Å². The predicted octanol–water partition coefficient (Wildman–Crippen LogP) is 4.43. The molecular weight excluding hydrogens is 485 g/mol. The Morgan fingerprint density at radius 2 is 1.81 bits per heavy atom. The summed E-state index contributed by atoms with van der Waals surface area (Å²) in [5.74, 6) is 0.596. The van der Waals surface area contributed by atoms with Crippen molar-refractivity contribution in [3.63, 3.8) is 0 Å². The average Bonchev–Trinajstić information content (AvgIpc) is 3.22. The molecule has 0 fully saturated rings. The Morgan fingerprint density at radius 3 is 2.52 bits per heavy atom. The number of methoxy groups -OCH3 is 1. The van der Waals surface area contributed by atoms with Gasteiger partial charge in [-0.05, 0) is 36.4 Å². The van der Waals surface area contributed by atoms with Gasteiger partial charge in [-0.2, -0.15) is 0 Å². The number of nitrogens with zero attached hydrogens (tertiary/aromatic N) is 2. The van der Waals surface area contributed by atoms with Crippen molar-refractivity contribution in [2.24, 2.45) is 0 Å². The van der Waals surface area contributed by atoms with Crippen LogP contribution in [0.3, 0.4) is 0 Å². The SMILES string of the molecule is COc1ccc(C(=O)NCc2nc(SCC(=O)Nc3cc(Cl)c(Cl)cc3Cl)n[nH]2)cc1. The number of hydrogen-bond acceptors (Lipinski definition) is 6. The minimum absolute atomic E-state index is 0.0477. The molecule has 3 N–H and O–H groups in total. The van der Waals surface area contributed by atoms with E-state index in [1.54, 1.807) is 31.4 Å². The van der Waals surface area contributed by atoms with Gasteiger partial charge in [0.25, 0.3) is 5.91 Å². The highest BCUT2D eigenvalue weighted by Gasteiger charge is 2.12. The molecule has 0 aliphatic rings. The van der Waals surface area contributed by atoms with E-state index in [1.807, 2.05) is 0 Å². The van der Waals surface area contributed by atoms with Crippen molar-refractivity contribution < 1.29 is 14.3 Å². The maximum atomic E-state index is 12.2. The van der Waals surface area contributed by atoms with Gasteiger partial charge in [0.2, 0.25) is 11.1 Å². The monoisotopic (exact) mass is 499 g/mol. The number of carbonyl (C=O) groups excluding carboxylic acids is 2. The molecule has 0 atom stereocenters. The quantitative estimate of drug-likeness (QED) is 0.312. The van der Waals surface area contributed by atoms with E-state index >= 15 is 0 Å². The van der Waals surface area contributed by atoms with Gasteiger partial charge in [0.15, 0.2) is 0 Å². The first-order valence-corrected chi connectivity index (χ1v) is 10.9. The number of benzene rings is 2. The summed E-state index contributed by atoms with van der Waals surface area (Å²) in [7, 11) is 1.56. The lowest BCUT2D eigenvalue weighted by atomic mass is 10.2. The second-order valence-electron chi connectivity index (χ2n) is 6.06. The van der Waals surface area contributed by atoms with Gasteiger partial charge in [0, 0.05) is 5.56 Å². The number of anilines is 1. The van der Waals surface area contributed by atoms with Gasteiger partial charge in [-0.15, -0.1) is 5.10 Å². The fourth-order valence-electron chi connectivity index (χ4n) is 2.36. The summed E-state index contributed by atoms with van der Waals surface area (Å²) >= 11 is 19.0. The molecular formula is C19H16Cl3N5O3S. The molecule has 31 heavy (non-hydrogen) atoms. The van der Waals surface area contributed by atoms with Crippen LogP contribution in [0.4, 0.5) is 5.69 Å². The van der Waals surface area contributed by atoms with Gasteiger partial charge in [0.1, 0.15) is 11.6 Å².